The number of carboxylic acids is 2. The maximum absolute atomic E-state index is 13.3. The molecule has 0 spiro atoms. The Morgan fingerprint density at radius 3 is 2.28 bits per heavy atom. The zero-order valence-electron chi connectivity index (χ0n) is 19.6. The molecule has 0 saturated carbocycles. The predicted molar refractivity (Wildman–Crippen MR) is 125 cm³/mol. The van der Waals surface area contributed by atoms with Crippen LogP contribution < -0.4 is 22.1 Å². The number of likely N-dealkylation sites (tertiary alicyclic amines) is 1. The second-order valence-electron chi connectivity index (χ2n) is 8.55. The standard InChI is InChI=1S/C23H31N5O8/c24-14(11-13-5-2-1-3-6-13)20(32)26-15(8-9-18(25)29)22(34)28-10-4-7-17(28)21(33)27-16(23(35)36)12-19(30)31/h1-3,5-6,14-17H,4,7-12,24H2,(H2,25,29)(H,26,32)(H,27,33)(H,30,31)(H,35,36). The van der Waals surface area contributed by atoms with Crippen LogP contribution in [0.2, 0.25) is 0 Å². The third kappa shape index (κ3) is 8.34. The highest BCUT2D eigenvalue weighted by molar-refractivity contribution is 5.95. The van der Waals surface area contributed by atoms with Crippen molar-refractivity contribution in [3.05, 3.63) is 35.9 Å². The van der Waals surface area contributed by atoms with E-state index in [-0.39, 0.29) is 32.2 Å². The van der Waals surface area contributed by atoms with Crippen molar-refractivity contribution in [1.82, 2.24) is 15.5 Å². The molecular formula is C23H31N5O8. The minimum absolute atomic E-state index is 0.125. The van der Waals surface area contributed by atoms with Crippen LogP contribution in [0, 0.1) is 0 Å². The molecule has 13 heteroatoms. The lowest BCUT2D eigenvalue weighted by atomic mass is 10.0. The van der Waals surface area contributed by atoms with Crippen LogP contribution in [-0.4, -0.2) is 81.4 Å². The summed E-state index contributed by atoms with van der Waals surface area (Å²) in [5, 5.41) is 22.8. The Bertz CT molecular complexity index is 986. The van der Waals surface area contributed by atoms with Crippen LogP contribution in [0.5, 0.6) is 0 Å². The third-order valence-electron chi connectivity index (χ3n) is 5.76. The number of aliphatic carboxylic acids is 2. The number of carbonyl (C=O) groups excluding carboxylic acids is 4. The fourth-order valence-corrected chi connectivity index (χ4v) is 3.93. The molecule has 0 aromatic heterocycles. The van der Waals surface area contributed by atoms with E-state index in [1.807, 2.05) is 6.07 Å². The first-order valence-electron chi connectivity index (χ1n) is 11.4. The van der Waals surface area contributed by atoms with Gasteiger partial charge in [-0.1, -0.05) is 30.3 Å². The number of hydrogen-bond donors (Lipinski definition) is 6. The van der Waals surface area contributed by atoms with E-state index in [1.165, 1.54) is 4.90 Å². The lowest BCUT2D eigenvalue weighted by molar-refractivity contribution is -0.148. The summed E-state index contributed by atoms with van der Waals surface area (Å²) in [4.78, 5) is 73.5. The number of rotatable bonds is 13. The number of nitrogens with one attached hydrogen (secondary N) is 2. The molecule has 1 saturated heterocycles. The maximum Gasteiger partial charge on any atom is 0.326 e. The van der Waals surface area contributed by atoms with Gasteiger partial charge in [0.25, 0.3) is 0 Å². The van der Waals surface area contributed by atoms with Gasteiger partial charge in [-0.15, -0.1) is 0 Å². The minimum atomic E-state index is -1.67. The second kappa shape index (κ2) is 13.2. The number of primary amides is 1. The Hall–Kier alpha value is -4.00. The van der Waals surface area contributed by atoms with Crippen LogP contribution in [-0.2, 0) is 35.2 Å². The van der Waals surface area contributed by atoms with Crippen LogP contribution in [0.4, 0.5) is 0 Å². The zero-order valence-corrected chi connectivity index (χ0v) is 19.6. The average molecular weight is 506 g/mol. The summed E-state index contributed by atoms with van der Waals surface area (Å²) in [6.45, 7) is 0.145. The summed E-state index contributed by atoms with van der Waals surface area (Å²) in [6, 6.07) is 4.07. The van der Waals surface area contributed by atoms with Crippen LogP contribution in [0.25, 0.3) is 0 Å². The molecule has 0 bridgehead atoms. The first kappa shape index (κ1) is 28.2. The zero-order chi connectivity index (χ0) is 26.8. The lowest BCUT2D eigenvalue weighted by Gasteiger charge is -2.29. The van der Waals surface area contributed by atoms with Crippen molar-refractivity contribution >= 4 is 35.6 Å². The largest absolute Gasteiger partial charge is 0.481 e. The first-order chi connectivity index (χ1) is 17.0. The van der Waals surface area contributed by atoms with Gasteiger partial charge >= 0.3 is 11.9 Å². The van der Waals surface area contributed by atoms with E-state index in [4.69, 9.17) is 16.6 Å². The maximum atomic E-state index is 13.3. The lowest BCUT2D eigenvalue weighted by Crippen LogP contribution is -2.57. The quantitative estimate of drug-likeness (QED) is 0.180. The van der Waals surface area contributed by atoms with E-state index in [0.29, 0.717) is 6.42 Å². The monoisotopic (exact) mass is 505 g/mol. The molecule has 1 aliphatic rings. The summed E-state index contributed by atoms with van der Waals surface area (Å²) >= 11 is 0. The number of carboxylic acid groups (broad SMARTS) is 2. The highest BCUT2D eigenvalue weighted by atomic mass is 16.4. The van der Waals surface area contributed by atoms with Crippen molar-refractivity contribution in [2.75, 3.05) is 6.54 Å². The van der Waals surface area contributed by atoms with Crippen molar-refractivity contribution in [1.29, 1.82) is 0 Å². The molecule has 1 fully saturated rings. The van der Waals surface area contributed by atoms with Gasteiger partial charge in [0.15, 0.2) is 0 Å². The third-order valence-corrected chi connectivity index (χ3v) is 5.76. The minimum Gasteiger partial charge on any atom is -0.481 e. The molecule has 1 heterocycles. The van der Waals surface area contributed by atoms with Gasteiger partial charge in [0, 0.05) is 13.0 Å². The molecular weight excluding hydrogens is 474 g/mol. The van der Waals surface area contributed by atoms with Crippen molar-refractivity contribution < 1.29 is 39.0 Å². The number of nitrogens with zero attached hydrogens (tertiary/aromatic N) is 1. The van der Waals surface area contributed by atoms with Gasteiger partial charge in [0.1, 0.15) is 18.1 Å². The fourth-order valence-electron chi connectivity index (χ4n) is 3.93. The Balaban J connectivity index is 2.13. The van der Waals surface area contributed by atoms with Gasteiger partial charge in [0.05, 0.1) is 12.5 Å². The summed E-state index contributed by atoms with van der Waals surface area (Å²) in [7, 11) is 0. The van der Waals surface area contributed by atoms with Gasteiger partial charge in [-0.2, -0.15) is 0 Å². The van der Waals surface area contributed by atoms with Crippen LogP contribution in [0.1, 0.15) is 37.7 Å². The smallest absolute Gasteiger partial charge is 0.326 e. The summed E-state index contributed by atoms with van der Waals surface area (Å²) in [5.41, 5.74) is 12.0. The van der Waals surface area contributed by atoms with Gasteiger partial charge in [0.2, 0.25) is 23.6 Å². The Morgan fingerprint density at radius 1 is 1.03 bits per heavy atom. The molecule has 4 unspecified atom stereocenters. The summed E-state index contributed by atoms with van der Waals surface area (Å²) in [5.74, 6) is -5.74. The van der Waals surface area contributed by atoms with Crippen molar-refractivity contribution in [2.24, 2.45) is 11.5 Å². The van der Waals surface area contributed by atoms with Crippen molar-refractivity contribution in [2.45, 2.75) is 62.7 Å². The van der Waals surface area contributed by atoms with Gasteiger partial charge in [-0.25, -0.2) is 4.79 Å². The molecule has 4 atom stereocenters. The molecule has 1 aromatic carbocycles. The van der Waals surface area contributed by atoms with E-state index in [1.54, 1.807) is 24.3 Å². The molecule has 196 valence electrons. The van der Waals surface area contributed by atoms with Gasteiger partial charge in [-0.3, -0.25) is 24.0 Å². The van der Waals surface area contributed by atoms with E-state index < -0.39 is 66.2 Å². The molecule has 36 heavy (non-hydrogen) atoms. The van der Waals surface area contributed by atoms with Crippen LogP contribution in [0.15, 0.2) is 30.3 Å². The molecule has 4 amide bonds. The van der Waals surface area contributed by atoms with E-state index in [0.717, 1.165) is 5.56 Å². The van der Waals surface area contributed by atoms with Crippen molar-refractivity contribution in [3.8, 4) is 0 Å². The highest BCUT2D eigenvalue weighted by Crippen LogP contribution is 2.20. The number of amides is 4. The van der Waals surface area contributed by atoms with E-state index >= 15 is 0 Å². The molecule has 8 N–H and O–H groups in total. The molecule has 13 nitrogen and oxygen atoms in total. The van der Waals surface area contributed by atoms with Crippen LogP contribution in [0.3, 0.4) is 0 Å². The summed E-state index contributed by atoms with van der Waals surface area (Å²) < 4.78 is 0. The number of carbonyl (C=O) groups is 6. The SMILES string of the molecule is NC(=O)CCC(NC(=O)C(N)Cc1ccccc1)C(=O)N1CCCC1C(=O)NC(CC(=O)O)C(=O)O. The van der Waals surface area contributed by atoms with Crippen LogP contribution >= 0.6 is 0 Å². The Morgan fingerprint density at radius 2 is 1.69 bits per heavy atom. The average Bonchev–Trinajstić information content (AvgIpc) is 3.31. The Labute approximate surface area is 207 Å². The molecule has 1 aliphatic heterocycles. The number of hydrogen-bond acceptors (Lipinski definition) is 7. The predicted octanol–water partition coefficient (Wildman–Crippen LogP) is -1.66. The first-order valence-corrected chi connectivity index (χ1v) is 11.4. The summed E-state index contributed by atoms with van der Waals surface area (Å²) in [6.07, 6.45) is -0.337. The number of nitrogens with two attached hydrogens (primary N) is 2. The second-order valence-corrected chi connectivity index (χ2v) is 8.55. The van der Waals surface area contributed by atoms with Gasteiger partial charge in [-0.05, 0) is 31.2 Å². The van der Waals surface area contributed by atoms with E-state index in [2.05, 4.69) is 10.6 Å². The molecule has 2 rings (SSSR count). The molecule has 1 aromatic rings. The molecule has 0 aliphatic carbocycles. The van der Waals surface area contributed by atoms with Gasteiger partial charge < -0.3 is 37.2 Å². The highest BCUT2D eigenvalue weighted by Gasteiger charge is 2.39. The topological polar surface area (TPSA) is 222 Å². The fraction of sp³-hybridized carbons (Fsp3) is 0.478. The van der Waals surface area contributed by atoms with Crippen molar-refractivity contribution in [3.63, 3.8) is 0 Å². The molecule has 0 radical (unpaired) electrons. The Kier molecular flexibility index (Phi) is 10.3. The normalized spacial score (nSPS) is 17.5. The van der Waals surface area contributed by atoms with E-state index in [9.17, 15) is 33.9 Å². The number of benzene rings is 1.